The van der Waals surface area contributed by atoms with Gasteiger partial charge in [0.25, 0.3) is 0 Å². The molecule has 1 aliphatic rings. The molecule has 182 valence electrons. The maximum Gasteiger partial charge on any atom is 0.417 e. The van der Waals surface area contributed by atoms with Crippen molar-refractivity contribution in [2.45, 2.75) is 12.7 Å². The number of hydrogen-bond donors (Lipinski definition) is 2. The molecule has 0 atom stereocenters. The molecule has 0 bridgehead atoms. The molecule has 5 rings (SSSR count). The molecule has 0 saturated carbocycles. The number of H-pyrrole nitrogens is 1. The van der Waals surface area contributed by atoms with Gasteiger partial charge in [-0.15, -0.1) is 0 Å². The molecule has 0 amide bonds. The molecule has 35 heavy (non-hydrogen) atoms. The van der Waals surface area contributed by atoms with Crippen LogP contribution in [0.1, 0.15) is 11.1 Å². The number of aromatic amines is 1. The highest BCUT2D eigenvalue weighted by Gasteiger charge is 2.36. The van der Waals surface area contributed by atoms with Crippen LogP contribution in [0.25, 0.3) is 33.4 Å². The first kappa shape index (κ1) is 23.2. The van der Waals surface area contributed by atoms with Gasteiger partial charge in [0.2, 0.25) is 0 Å². The number of nitrogens with zero attached hydrogens (tertiary/aromatic N) is 4. The van der Waals surface area contributed by atoms with Crippen LogP contribution < -0.4 is 10.2 Å². The Balaban J connectivity index is 1.56. The smallest absolute Gasteiger partial charge is 0.378 e. The van der Waals surface area contributed by atoms with Gasteiger partial charge in [0.15, 0.2) is 0 Å². The Morgan fingerprint density at radius 2 is 1.89 bits per heavy atom. The first-order valence-electron chi connectivity index (χ1n) is 11.0. The van der Waals surface area contributed by atoms with E-state index in [0.717, 1.165) is 31.0 Å². The topological polar surface area (TPSA) is 79.0 Å². The van der Waals surface area contributed by atoms with Crippen LogP contribution in [0.3, 0.4) is 0 Å². The van der Waals surface area contributed by atoms with E-state index < -0.39 is 23.1 Å². The van der Waals surface area contributed by atoms with Crippen LogP contribution in [-0.4, -0.2) is 53.5 Å². The fourth-order valence-corrected chi connectivity index (χ4v) is 4.23. The van der Waals surface area contributed by atoms with Gasteiger partial charge in [-0.1, -0.05) is 0 Å². The number of fused-ring (bicyclic) bond motifs is 1. The van der Waals surface area contributed by atoms with Crippen molar-refractivity contribution in [3.8, 4) is 22.5 Å². The summed E-state index contributed by atoms with van der Waals surface area (Å²) in [5.74, 6) is -0.184. The molecular formula is C24H22F4N6O. The van der Waals surface area contributed by atoms with Crippen molar-refractivity contribution < 1.29 is 22.3 Å². The molecule has 11 heteroatoms. The monoisotopic (exact) mass is 486 g/mol. The summed E-state index contributed by atoms with van der Waals surface area (Å²) >= 11 is 0. The van der Waals surface area contributed by atoms with Crippen LogP contribution >= 0.6 is 0 Å². The van der Waals surface area contributed by atoms with Crippen molar-refractivity contribution in [1.82, 2.24) is 25.5 Å². The molecule has 2 N–H and O–H groups in total. The van der Waals surface area contributed by atoms with E-state index >= 15 is 4.39 Å². The second-order valence-corrected chi connectivity index (χ2v) is 8.22. The second-order valence-electron chi connectivity index (χ2n) is 8.22. The highest BCUT2D eigenvalue weighted by atomic mass is 19.4. The van der Waals surface area contributed by atoms with Gasteiger partial charge in [-0.2, -0.15) is 18.3 Å². The quantitative estimate of drug-likeness (QED) is 0.407. The Hall–Kier alpha value is -3.57. The molecule has 4 heterocycles. The van der Waals surface area contributed by atoms with E-state index in [-0.39, 0.29) is 17.8 Å². The summed E-state index contributed by atoms with van der Waals surface area (Å²) in [5, 5.41) is 10.4. The Morgan fingerprint density at radius 1 is 1.09 bits per heavy atom. The van der Waals surface area contributed by atoms with E-state index in [1.807, 2.05) is 12.1 Å². The highest BCUT2D eigenvalue weighted by molar-refractivity contribution is 5.94. The summed E-state index contributed by atoms with van der Waals surface area (Å²) in [7, 11) is 1.58. The van der Waals surface area contributed by atoms with E-state index in [4.69, 9.17) is 4.74 Å². The number of hydrogen-bond acceptors (Lipinski definition) is 6. The van der Waals surface area contributed by atoms with Gasteiger partial charge in [-0.25, -0.2) is 9.37 Å². The molecule has 4 aromatic rings. The number of pyridine rings is 2. The normalized spacial score (nSPS) is 14.6. The number of aromatic nitrogens is 4. The number of morpholine rings is 1. The Labute approximate surface area is 198 Å². The number of alkyl halides is 3. The minimum atomic E-state index is -4.75. The van der Waals surface area contributed by atoms with Crippen molar-refractivity contribution >= 4 is 16.7 Å². The lowest BCUT2D eigenvalue weighted by Crippen LogP contribution is -2.36. The average molecular weight is 486 g/mol. The second kappa shape index (κ2) is 9.23. The maximum atomic E-state index is 15.0. The highest BCUT2D eigenvalue weighted by Crippen LogP contribution is 2.40. The first-order chi connectivity index (χ1) is 16.8. The zero-order valence-corrected chi connectivity index (χ0v) is 18.8. The van der Waals surface area contributed by atoms with Gasteiger partial charge in [0.1, 0.15) is 17.3 Å². The molecule has 1 saturated heterocycles. The van der Waals surface area contributed by atoms with E-state index in [1.54, 1.807) is 13.2 Å². The number of ether oxygens (including phenoxy) is 1. The predicted octanol–water partition coefficient (Wildman–Crippen LogP) is 4.40. The molecule has 1 aromatic carbocycles. The summed E-state index contributed by atoms with van der Waals surface area (Å²) in [4.78, 5) is 10.7. The van der Waals surface area contributed by atoms with Crippen LogP contribution in [0.4, 0.5) is 23.4 Å². The number of nitrogens with one attached hydrogen (secondary N) is 2. The number of benzene rings is 1. The number of rotatable bonds is 5. The molecule has 0 aliphatic carbocycles. The van der Waals surface area contributed by atoms with Gasteiger partial charge in [0, 0.05) is 42.3 Å². The summed E-state index contributed by atoms with van der Waals surface area (Å²) in [6, 6.07) is 7.19. The van der Waals surface area contributed by atoms with Crippen LogP contribution in [-0.2, 0) is 17.5 Å². The third-order valence-electron chi connectivity index (χ3n) is 5.90. The van der Waals surface area contributed by atoms with Crippen molar-refractivity contribution in [3.63, 3.8) is 0 Å². The maximum absolute atomic E-state index is 15.0. The summed E-state index contributed by atoms with van der Waals surface area (Å²) in [6.45, 7) is 2.86. The molecular weight excluding hydrogens is 464 g/mol. The SMILES string of the molecule is CNCc1cc(F)c(-c2cc3c(-c4ccc(N5CCOCC5)nc4)n[nH]c3cn2)c(C(F)(F)F)c1. The molecule has 1 fully saturated rings. The minimum Gasteiger partial charge on any atom is -0.378 e. The lowest BCUT2D eigenvalue weighted by atomic mass is 9.98. The summed E-state index contributed by atoms with van der Waals surface area (Å²) in [5.41, 5.74) is 0.0818. The Bertz CT molecular complexity index is 1350. The molecule has 7 nitrogen and oxygen atoms in total. The predicted molar refractivity (Wildman–Crippen MR) is 123 cm³/mol. The van der Waals surface area contributed by atoms with Gasteiger partial charge < -0.3 is 15.0 Å². The molecule has 0 unspecified atom stereocenters. The number of anilines is 1. The average Bonchev–Trinajstić information content (AvgIpc) is 3.27. The minimum absolute atomic E-state index is 0.103. The largest absolute Gasteiger partial charge is 0.417 e. The Morgan fingerprint density at radius 3 is 2.57 bits per heavy atom. The fourth-order valence-electron chi connectivity index (χ4n) is 4.23. The standard InChI is InChI=1S/C24H22F4N6O/c1-29-11-14-8-17(24(26,27)28)22(18(25)9-14)19-10-16-20(13-30-19)32-33-23(16)15-2-3-21(31-12-15)34-4-6-35-7-5-34/h2-3,8-10,12-13,29H,4-7,11H2,1H3,(H,32,33). The lowest BCUT2D eigenvalue weighted by Gasteiger charge is -2.27. The Kier molecular flexibility index (Phi) is 6.12. The van der Waals surface area contributed by atoms with Gasteiger partial charge >= 0.3 is 6.18 Å². The van der Waals surface area contributed by atoms with Crippen LogP contribution in [0, 0.1) is 5.82 Å². The molecule has 3 aromatic heterocycles. The van der Waals surface area contributed by atoms with Crippen molar-refractivity contribution in [3.05, 3.63) is 59.7 Å². The zero-order chi connectivity index (χ0) is 24.6. The zero-order valence-electron chi connectivity index (χ0n) is 18.8. The lowest BCUT2D eigenvalue weighted by molar-refractivity contribution is -0.137. The van der Waals surface area contributed by atoms with E-state index in [0.29, 0.717) is 35.4 Å². The van der Waals surface area contributed by atoms with Crippen molar-refractivity contribution in [2.24, 2.45) is 0 Å². The van der Waals surface area contributed by atoms with E-state index in [1.165, 1.54) is 12.3 Å². The van der Waals surface area contributed by atoms with Crippen molar-refractivity contribution in [1.29, 1.82) is 0 Å². The molecule has 1 aliphatic heterocycles. The van der Waals surface area contributed by atoms with Gasteiger partial charge in [-0.3, -0.25) is 10.1 Å². The van der Waals surface area contributed by atoms with Crippen LogP contribution in [0.15, 0.2) is 42.7 Å². The van der Waals surface area contributed by atoms with Crippen LogP contribution in [0.2, 0.25) is 0 Å². The van der Waals surface area contributed by atoms with Gasteiger partial charge in [0.05, 0.1) is 36.2 Å². The van der Waals surface area contributed by atoms with E-state index in [2.05, 4.69) is 30.4 Å². The summed E-state index contributed by atoms with van der Waals surface area (Å²) in [6.07, 6.45) is -1.73. The number of halogens is 4. The van der Waals surface area contributed by atoms with Gasteiger partial charge in [-0.05, 0) is 42.9 Å². The third kappa shape index (κ3) is 4.56. The molecule has 0 radical (unpaired) electrons. The van der Waals surface area contributed by atoms with E-state index in [9.17, 15) is 13.2 Å². The third-order valence-corrected chi connectivity index (χ3v) is 5.90. The fraction of sp³-hybridized carbons (Fsp3) is 0.292. The van der Waals surface area contributed by atoms with Crippen LogP contribution in [0.5, 0.6) is 0 Å². The summed E-state index contributed by atoms with van der Waals surface area (Å²) < 4.78 is 62.0. The molecule has 0 spiro atoms. The van der Waals surface area contributed by atoms with Crippen molar-refractivity contribution in [2.75, 3.05) is 38.3 Å². The first-order valence-corrected chi connectivity index (χ1v) is 11.0.